The van der Waals surface area contributed by atoms with E-state index in [9.17, 15) is 19.2 Å². The van der Waals surface area contributed by atoms with Gasteiger partial charge in [0.2, 0.25) is 0 Å². The number of unbranched alkanes of at least 4 members (excludes halogenated alkanes) is 1. The van der Waals surface area contributed by atoms with Crippen LogP contribution in [0.5, 0.6) is 0 Å². The van der Waals surface area contributed by atoms with E-state index in [2.05, 4.69) is 6.92 Å². The van der Waals surface area contributed by atoms with Crippen LogP contribution >= 0.6 is 11.3 Å². The molecule has 0 radical (unpaired) electrons. The Morgan fingerprint density at radius 3 is 1.67 bits per heavy atom. The lowest BCUT2D eigenvalue weighted by Crippen LogP contribution is -2.48. The van der Waals surface area contributed by atoms with Crippen LogP contribution in [0.4, 0.5) is 0 Å². The molecule has 2 fully saturated rings. The van der Waals surface area contributed by atoms with Gasteiger partial charge in [-0.1, -0.05) is 41.0 Å². The van der Waals surface area contributed by atoms with Gasteiger partial charge in [0, 0.05) is 41.4 Å². The standard InChI is InChI=1S/C25H34O4S/c1-6-7-8-15-9-10-20(30-15)23(21-16(26)11-24(2,3)12-17(21)27)22-18(28)13-25(4,5)14-19(22)29/h9-10,21-23H,6-8,11-14H2,1-5H3. The number of thiophene rings is 1. The number of carbonyl (C=O) groups excluding carboxylic acids is 4. The van der Waals surface area contributed by atoms with Gasteiger partial charge in [-0.25, -0.2) is 0 Å². The number of rotatable bonds is 6. The van der Waals surface area contributed by atoms with Crippen LogP contribution in [0.1, 0.15) is 88.8 Å². The number of carbonyl (C=O) groups is 4. The minimum Gasteiger partial charge on any atom is -0.299 e. The third-order valence-corrected chi connectivity index (χ3v) is 7.75. The molecule has 30 heavy (non-hydrogen) atoms. The summed E-state index contributed by atoms with van der Waals surface area (Å²) in [5, 5.41) is 0. The normalized spacial score (nSPS) is 22.9. The van der Waals surface area contributed by atoms with Gasteiger partial charge in [0.05, 0.1) is 11.8 Å². The molecule has 0 bridgehead atoms. The zero-order chi connectivity index (χ0) is 22.3. The molecule has 1 heterocycles. The van der Waals surface area contributed by atoms with Crippen molar-refractivity contribution >= 4 is 34.5 Å². The third-order valence-electron chi connectivity index (χ3n) is 6.50. The lowest BCUT2D eigenvalue weighted by atomic mass is 9.60. The van der Waals surface area contributed by atoms with Crippen molar-refractivity contribution in [1.82, 2.24) is 0 Å². The van der Waals surface area contributed by atoms with Crippen LogP contribution in [-0.4, -0.2) is 23.1 Å². The highest BCUT2D eigenvalue weighted by atomic mass is 32.1. The topological polar surface area (TPSA) is 68.3 Å². The molecule has 4 nitrogen and oxygen atoms in total. The summed E-state index contributed by atoms with van der Waals surface area (Å²) < 4.78 is 0. The summed E-state index contributed by atoms with van der Waals surface area (Å²) in [6.45, 7) is 9.87. The Hall–Kier alpha value is -1.62. The average Bonchev–Trinajstić information content (AvgIpc) is 3.03. The van der Waals surface area contributed by atoms with Crippen molar-refractivity contribution in [2.24, 2.45) is 22.7 Å². The van der Waals surface area contributed by atoms with E-state index < -0.39 is 17.8 Å². The molecule has 0 aliphatic heterocycles. The fourth-order valence-electron chi connectivity index (χ4n) is 5.19. The fourth-order valence-corrected chi connectivity index (χ4v) is 6.42. The SMILES string of the molecule is CCCCc1ccc(C(C2C(=O)CC(C)(C)CC2=O)C2C(=O)CC(C)(C)CC2=O)s1. The minimum atomic E-state index is -0.880. The maximum atomic E-state index is 13.2. The van der Waals surface area contributed by atoms with Crippen LogP contribution in [0.25, 0.3) is 0 Å². The van der Waals surface area contributed by atoms with Crippen molar-refractivity contribution in [2.75, 3.05) is 0 Å². The summed E-state index contributed by atoms with van der Waals surface area (Å²) >= 11 is 1.57. The van der Waals surface area contributed by atoms with E-state index >= 15 is 0 Å². The van der Waals surface area contributed by atoms with Crippen molar-refractivity contribution < 1.29 is 19.2 Å². The Kier molecular flexibility index (Phi) is 6.52. The first-order valence-electron chi connectivity index (χ1n) is 11.1. The molecule has 164 valence electrons. The highest BCUT2D eigenvalue weighted by molar-refractivity contribution is 7.12. The van der Waals surface area contributed by atoms with Crippen LogP contribution in [-0.2, 0) is 25.6 Å². The Morgan fingerprint density at radius 2 is 1.27 bits per heavy atom. The van der Waals surface area contributed by atoms with Gasteiger partial charge in [-0.15, -0.1) is 11.3 Å². The van der Waals surface area contributed by atoms with Gasteiger partial charge in [0.25, 0.3) is 0 Å². The summed E-state index contributed by atoms with van der Waals surface area (Å²) in [5.74, 6) is -2.86. The average molecular weight is 431 g/mol. The second-order valence-electron chi connectivity index (χ2n) is 10.8. The first-order valence-corrected chi connectivity index (χ1v) is 12.0. The highest BCUT2D eigenvalue weighted by Crippen LogP contribution is 2.48. The van der Waals surface area contributed by atoms with E-state index in [0.29, 0.717) is 25.7 Å². The second-order valence-corrected chi connectivity index (χ2v) is 12.0. The van der Waals surface area contributed by atoms with Crippen LogP contribution in [0.15, 0.2) is 12.1 Å². The predicted molar refractivity (Wildman–Crippen MR) is 119 cm³/mol. The van der Waals surface area contributed by atoms with Gasteiger partial charge in [-0.05, 0) is 35.8 Å². The summed E-state index contributed by atoms with van der Waals surface area (Å²) in [6.07, 6.45) is 4.34. The van der Waals surface area contributed by atoms with Crippen LogP contribution in [0.3, 0.4) is 0 Å². The van der Waals surface area contributed by atoms with E-state index in [1.807, 2.05) is 39.8 Å². The quantitative estimate of drug-likeness (QED) is 0.573. The molecular weight excluding hydrogens is 396 g/mol. The number of ketones is 4. The number of hydrogen-bond donors (Lipinski definition) is 0. The lowest BCUT2D eigenvalue weighted by Gasteiger charge is -2.40. The second kappa shape index (κ2) is 8.49. The van der Waals surface area contributed by atoms with Gasteiger partial charge in [0.15, 0.2) is 0 Å². The van der Waals surface area contributed by atoms with Crippen LogP contribution in [0, 0.1) is 22.7 Å². The van der Waals surface area contributed by atoms with Gasteiger partial charge < -0.3 is 0 Å². The van der Waals surface area contributed by atoms with Crippen molar-refractivity contribution in [3.8, 4) is 0 Å². The zero-order valence-corrected chi connectivity index (χ0v) is 19.7. The molecule has 0 unspecified atom stereocenters. The largest absolute Gasteiger partial charge is 0.299 e. The van der Waals surface area contributed by atoms with Gasteiger partial charge >= 0.3 is 0 Å². The molecule has 0 aromatic carbocycles. The molecule has 2 aliphatic carbocycles. The number of aryl methyl sites for hydroxylation is 1. The highest BCUT2D eigenvalue weighted by Gasteiger charge is 2.52. The molecule has 0 saturated heterocycles. The number of hydrogen-bond acceptors (Lipinski definition) is 5. The van der Waals surface area contributed by atoms with Crippen LogP contribution < -0.4 is 0 Å². The Balaban J connectivity index is 2.02. The molecule has 0 spiro atoms. The lowest BCUT2D eigenvalue weighted by molar-refractivity contribution is -0.145. The molecule has 1 aromatic rings. The smallest absolute Gasteiger partial charge is 0.144 e. The van der Waals surface area contributed by atoms with Crippen molar-refractivity contribution in [1.29, 1.82) is 0 Å². The first kappa shape index (κ1) is 23.1. The Bertz CT molecular complexity index is 772. The Morgan fingerprint density at radius 1 is 0.833 bits per heavy atom. The van der Waals surface area contributed by atoms with E-state index in [0.717, 1.165) is 24.1 Å². The molecule has 5 heteroatoms. The van der Waals surface area contributed by atoms with Crippen LogP contribution in [0.2, 0.25) is 0 Å². The summed E-state index contributed by atoms with van der Waals surface area (Å²) in [6, 6.07) is 3.98. The van der Waals surface area contributed by atoms with E-state index in [1.54, 1.807) is 11.3 Å². The minimum absolute atomic E-state index is 0.116. The maximum Gasteiger partial charge on any atom is 0.144 e. The third kappa shape index (κ3) is 4.82. The monoisotopic (exact) mass is 430 g/mol. The zero-order valence-electron chi connectivity index (χ0n) is 18.9. The molecule has 0 N–H and O–H groups in total. The number of Topliss-reactive ketones (excluding diaryl/α,β-unsaturated/α-hetero) is 4. The molecule has 3 rings (SSSR count). The molecule has 2 aliphatic rings. The molecule has 0 amide bonds. The van der Waals surface area contributed by atoms with E-state index in [-0.39, 0.29) is 34.0 Å². The predicted octanol–water partition coefficient (Wildman–Crippen LogP) is 5.32. The summed E-state index contributed by atoms with van der Waals surface area (Å²) in [7, 11) is 0. The molecule has 2 saturated carbocycles. The van der Waals surface area contributed by atoms with Crippen molar-refractivity contribution in [3.05, 3.63) is 21.9 Å². The maximum absolute atomic E-state index is 13.2. The summed E-state index contributed by atoms with van der Waals surface area (Å²) in [4.78, 5) is 54.7. The molecule has 0 atom stereocenters. The molecular formula is C25H34O4S. The van der Waals surface area contributed by atoms with E-state index in [1.165, 1.54) is 4.88 Å². The van der Waals surface area contributed by atoms with Gasteiger partial charge in [-0.2, -0.15) is 0 Å². The van der Waals surface area contributed by atoms with Gasteiger partial charge in [0.1, 0.15) is 23.1 Å². The van der Waals surface area contributed by atoms with E-state index in [4.69, 9.17) is 0 Å². The first-order chi connectivity index (χ1) is 13.9. The molecule has 1 aromatic heterocycles. The van der Waals surface area contributed by atoms with Crippen molar-refractivity contribution in [2.45, 2.75) is 85.5 Å². The van der Waals surface area contributed by atoms with Gasteiger partial charge in [-0.3, -0.25) is 19.2 Å². The Labute approximate surface area is 183 Å². The summed E-state index contributed by atoms with van der Waals surface area (Å²) in [5.41, 5.74) is -0.723. The fraction of sp³-hybridized carbons (Fsp3) is 0.680. The van der Waals surface area contributed by atoms with Crippen molar-refractivity contribution in [3.63, 3.8) is 0 Å².